The summed E-state index contributed by atoms with van der Waals surface area (Å²) >= 11 is 6.03. The van der Waals surface area contributed by atoms with Gasteiger partial charge < -0.3 is 10.1 Å². The van der Waals surface area contributed by atoms with E-state index in [9.17, 15) is 0 Å². The first-order chi connectivity index (χ1) is 8.54. The molecule has 1 fully saturated rings. The predicted octanol–water partition coefficient (Wildman–Crippen LogP) is 3.95. The monoisotopic (exact) mass is 267 g/mol. The van der Waals surface area contributed by atoms with Crippen molar-refractivity contribution in [1.82, 2.24) is 5.32 Å². The van der Waals surface area contributed by atoms with E-state index in [1.807, 2.05) is 18.2 Å². The number of ether oxygens (including phenoxy) is 1. The molecule has 0 spiro atoms. The quantitative estimate of drug-likeness (QED) is 0.896. The van der Waals surface area contributed by atoms with E-state index in [1.54, 1.807) is 0 Å². The fraction of sp³-hybridized carbons (Fsp3) is 0.600. The zero-order valence-corrected chi connectivity index (χ0v) is 12.1. The summed E-state index contributed by atoms with van der Waals surface area (Å²) in [6.45, 7) is 6.49. The molecule has 0 aromatic heterocycles. The van der Waals surface area contributed by atoms with Gasteiger partial charge in [0, 0.05) is 17.1 Å². The SMILES string of the molecule is CC1CC(NC(C)c2cccc(Cl)c2)CC(C)O1. The molecule has 1 aromatic rings. The minimum absolute atomic E-state index is 0.325. The van der Waals surface area contributed by atoms with Gasteiger partial charge in [0.05, 0.1) is 12.2 Å². The van der Waals surface area contributed by atoms with Crippen LogP contribution in [0.4, 0.5) is 0 Å². The van der Waals surface area contributed by atoms with Gasteiger partial charge in [-0.2, -0.15) is 0 Å². The summed E-state index contributed by atoms with van der Waals surface area (Å²) in [6.07, 6.45) is 2.85. The summed E-state index contributed by atoms with van der Waals surface area (Å²) in [4.78, 5) is 0. The number of benzene rings is 1. The second-order valence-corrected chi connectivity index (χ2v) is 5.81. The lowest BCUT2D eigenvalue weighted by Crippen LogP contribution is -2.42. The highest BCUT2D eigenvalue weighted by atomic mass is 35.5. The van der Waals surface area contributed by atoms with Crippen LogP contribution in [0.1, 0.15) is 45.2 Å². The predicted molar refractivity (Wildman–Crippen MR) is 76.0 cm³/mol. The Balaban J connectivity index is 1.96. The second-order valence-electron chi connectivity index (χ2n) is 5.37. The summed E-state index contributed by atoms with van der Waals surface area (Å²) in [7, 11) is 0. The third kappa shape index (κ3) is 3.71. The Labute approximate surface area is 115 Å². The van der Waals surface area contributed by atoms with Crippen molar-refractivity contribution in [2.24, 2.45) is 0 Å². The Morgan fingerprint density at radius 1 is 1.28 bits per heavy atom. The molecular formula is C15H22ClNO. The molecule has 0 aliphatic carbocycles. The normalized spacial score (nSPS) is 30.1. The van der Waals surface area contributed by atoms with Crippen LogP contribution >= 0.6 is 11.6 Å². The highest BCUT2D eigenvalue weighted by Crippen LogP contribution is 2.23. The first kappa shape index (κ1) is 13.9. The molecule has 0 bridgehead atoms. The standard InChI is InChI=1S/C15H22ClNO/c1-10-7-15(8-11(2)18-10)17-12(3)13-5-4-6-14(16)9-13/h4-6,9-12,15,17H,7-8H2,1-3H3. The van der Waals surface area contributed by atoms with Crippen LogP contribution in [0.5, 0.6) is 0 Å². The Morgan fingerprint density at radius 2 is 1.94 bits per heavy atom. The number of hydrogen-bond acceptors (Lipinski definition) is 2. The van der Waals surface area contributed by atoms with E-state index in [0.29, 0.717) is 24.3 Å². The molecule has 3 heteroatoms. The lowest BCUT2D eigenvalue weighted by molar-refractivity contribution is -0.0433. The van der Waals surface area contributed by atoms with Crippen LogP contribution < -0.4 is 5.32 Å². The van der Waals surface area contributed by atoms with Crippen LogP contribution in [0, 0.1) is 0 Å². The van der Waals surface area contributed by atoms with Gasteiger partial charge in [-0.3, -0.25) is 0 Å². The van der Waals surface area contributed by atoms with Crippen molar-refractivity contribution in [3.8, 4) is 0 Å². The largest absolute Gasteiger partial charge is 0.375 e. The van der Waals surface area contributed by atoms with Crippen molar-refractivity contribution in [1.29, 1.82) is 0 Å². The summed E-state index contributed by atoms with van der Waals surface area (Å²) < 4.78 is 5.76. The van der Waals surface area contributed by atoms with E-state index in [4.69, 9.17) is 16.3 Å². The van der Waals surface area contributed by atoms with E-state index < -0.39 is 0 Å². The minimum Gasteiger partial charge on any atom is -0.375 e. The molecule has 1 aliphatic rings. The molecule has 18 heavy (non-hydrogen) atoms. The summed E-state index contributed by atoms with van der Waals surface area (Å²) in [5.41, 5.74) is 1.24. The second kappa shape index (κ2) is 6.05. The molecule has 1 heterocycles. The van der Waals surface area contributed by atoms with Crippen LogP contribution in [0.3, 0.4) is 0 Å². The number of hydrogen-bond donors (Lipinski definition) is 1. The maximum atomic E-state index is 6.03. The lowest BCUT2D eigenvalue weighted by atomic mass is 9.98. The minimum atomic E-state index is 0.325. The van der Waals surface area contributed by atoms with Gasteiger partial charge in [-0.05, 0) is 51.3 Å². The zero-order valence-electron chi connectivity index (χ0n) is 11.3. The van der Waals surface area contributed by atoms with Crippen molar-refractivity contribution in [2.45, 2.75) is 57.9 Å². The van der Waals surface area contributed by atoms with Crippen molar-refractivity contribution < 1.29 is 4.74 Å². The van der Waals surface area contributed by atoms with Gasteiger partial charge in [0.2, 0.25) is 0 Å². The van der Waals surface area contributed by atoms with Crippen LogP contribution in [0.15, 0.2) is 24.3 Å². The van der Waals surface area contributed by atoms with Gasteiger partial charge >= 0.3 is 0 Å². The van der Waals surface area contributed by atoms with Gasteiger partial charge in [0.15, 0.2) is 0 Å². The van der Waals surface area contributed by atoms with Crippen LogP contribution in [0.2, 0.25) is 5.02 Å². The fourth-order valence-electron chi connectivity index (χ4n) is 2.77. The molecule has 1 N–H and O–H groups in total. The number of nitrogens with one attached hydrogen (secondary N) is 1. The molecular weight excluding hydrogens is 246 g/mol. The molecule has 100 valence electrons. The first-order valence-electron chi connectivity index (χ1n) is 6.71. The van der Waals surface area contributed by atoms with E-state index in [2.05, 4.69) is 32.2 Å². The molecule has 3 atom stereocenters. The smallest absolute Gasteiger partial charge is 0.0565 e. The maximum absolute atomic E-state index is 6.03. The van der Waals surface area contributed by atoms with Crippen LogP contribution in [-0.4, -0.2) is 18.2 Å². The summed E-state index contributed by atoms with van der Waals surface area (Å²) in [5.74, 6) is 0. The van der Waals surface area contributed by atoms with E-state index in [-0.39, 0.29) is 0 Å². The molecule has 2 rings (SSSR count). The molecule has 0 amide bonds. The Morgan fingerprint density at radius 3 is 2.56 bits per heavy atom. The van der Waals surface area contributed by atoms with Crippen molar-refractivity contribution in [3.63, 3.8) is 0 Å². The Kier molecular flexibility index (Phi) is 4.66. The Bertz CT molecular complexity index is 386. The van der Waals surface area contributed by atoms with Crippen molar-refractivity contribution in [3.05, 3.63) is 34.9 Å². The van der Waals surface area contributed by atoms with Crippen LogP contribution in [0.25, 0.3) is 0 Å². The molecule has 1 aliphatic heterocycles. The van der Waals surface area contributed by atoms with Crippen molar-refractivity contribution in [2.75, 3.05) is 0 Å². The van der Waals surface area contributed by atoms with Gasteiger partial charge in [0.25, 0.3) is 0 Å². The topological polar surface area (TPSA) is 21.3 Å². The average molecular weight is 268 g/mol. The molecule has 1 aromatic carbocycles. The highest BCUT2D eigenvalue weighted by molar-refractivity contribution is 6.30. The molecule has 0 radical (unpaired) electrons. The number of rotatable bonds is 3. The van der Waals surface area contributed by atoms with Gasteiger partial charge in [0.1, 0.15) is 0 Å². The summed E-state index contributed by atoms with van der Waals surface area (Å²) in [6, 6.07) is 8.92. The van der Waals surface area contributed by atoms with E-state index in [1.165, 1.54) is 5.56 Å². The third-order valence-electron chi connectivity index (χ3n) is 3.53. The molecule has 2 nitrogen and oxygen atoms in total. The lowest BCUT2D eigenvalue weighted by Gasteiger charge is -2.34. The van der Waals surface area contributed by atoms with Crippen molar-refractivity contribution >= 4 is 11.6 Å². The molecule has 3 unspecified atom stereocenters. The third-order valence-corrected chi connectivity index (χ3v) is 3.77. The zero-order chi connectivity index (χ0) is 13.1. The highest BCUT2D eigenvalue weighted by Gasteiger charge is 2.25. The fourth-order valence-corrected chi connectivity index (χ4v) is 2.97. The van der Waals surface area contributed by atoms with E-state index in [0.717, 1.165) is 17.9 Å². The number of halogens is 1. The van der Waals surface area contributed by atoms with Gasteiger partial charge in [-0.1, -0.05) is 23.7 Å². The molecule has 0 saturated carbocycles. The Hall–Kier alpha value is -0.570. The van der Waals surface area contributed by atoms with Gasteiger partial charge in [-0.15, -0.1) is 0 Å². The van der Waals surface area contributed by atoms with Crippen LogP contribution in [-0.2, 0) is 4.74 Å². The van der Waals surface area contributed by atoms with Gasteiger partial charge in [-0.25, -0.2) is 0 Å². The maximum Gasteiger partial charge on any atom is 0.0565 e. The molecule has 1 saturated heterocycles. The van der Waals surface area contributed by atoms with E-state index >= 15 is 0 Å². The first-order valence-corrected chi connectivity index (χ1v) is 7.09. The average Bonchev–Trinajstić information content (AvgIpc) is 2.27. The summed E-state index contributed by atoms with van der Waals surface area (Å²) in [5, 5.41) is 4.49.